The lowest BCUT2D eigenvalue weighted by atomic mass is 10.1. The van der Waals surface area contributed by atoms with E-state index in [2.05, 4.69) is 10.2 Å². The fourth-order valence-electron chi connectivity index (χ4n) is 2.36. The summed E-state index contributed by atoms with van der Waals surface area (Å²) in [6, 6.07) is 5.65. The Balaban J connectivity index is 2.19. The van der Waals surface area contributed by atoms with E-state index in [1.54, 1.807) is 6.07 Å². The van der Waals surface area contributed by atoms with Gasteiger partial charge in [-0.15, -0.1) is 0 Å². The maximum Gasteiger partial charge on any atom is 0.225 e. The number of carbonyl (C=O) groups is 1. The Kier molecular flexibility index (Phi) is 5.05. The van der Waals surface area contributed by atoms with Crippen LogP contribution in [0.4, 0.5) is 11.4 Å². The quantitative estimate of drug-likeness (QED) is 0.892. The van der Waals surface area contributed by atoms with Crippen molar-refractivity contribution in [3.63, 3.8) is 0 Å². The number of nitrogens with one attached hydrogen (secondary N) is 1. The van der Waals surface area contributed by atoms with Gasteiger partial charge in [0.25, 0.3) is 0 Å². The number of hydrogen-bond acceptors (Lipinski definition) is 3. The molecule has 0 radical (unpaired) electrons. The van der Waals surface area contributed by atoms with Crippen LogP contribution < -0.4 is 16.0 Å². The summed E-state index contributed by atoms with van der Waals surface area (Å²) in [5.41, 5.74) is 7.23. The highest BCUT2D eigenvalue weighted by Gasteiger charge is 2.16. The molecule has 0 saturated carbocycles. The molecule has 4 nitrogen and oxygen atoms in total. The summed E-state index contributed by atoms with van der Waals surface area (Å²) in [5.74, 6) is -0.0666. The first-order valence-corrected chi connectivity index (χ1v) is 7.13. The molecule has 3 N–H and O–H groups in total. The van der Waals surface area contributed by atoms with Crippen molar-refractivity contribution in [3.05, 3.63) is 23.2 Å². The van der Waals surface area contributed by atoms with Gasteiger partial charge in [0.15, 0.2) is 0 Å². The smallest absolute Gasteiger partial charge is 0.225 e. The third kappa shape index (κ3) is 3.85. The number of hydrogen-bond donors (Lipinski definition) is 2. The van der Waals surface area contributed by atoms with Crippen LogP contribution in [0.5, 0.6) is 0 Å². The van der Waals surface area contributed by atoms with Crippen molar-refractivity contribution in [2.45, 2.75) is 25.7 Å². The predicted molar refractivity (Wildman–Crippen MR) is 79.8 cm³/mol. The molecule has 0 aliphatic carbocycles. The van der Waals surface area contributed by atoms with E-state index in [-0.39, 0.29) is 5.91 Å². The largest absolute Gasteiger partial charge is 0.370 e. The Morgan fingerprint density at radius 1 is 1.32 bits per heavy atom. The molecule has 0 spiro atoms. The van der Waals surface area contributed by atoms with E-state index in [4.69, 9.17) is 17.3 Å². The van der Waals surface area contributed by atoms with Gasteiger partial charge in [0, 0.05) is 31.1 Å². The lowest BCUT2D eigenvalue weighted by molar-refractivity contribution is -0.116. The molecule has 0 bridgehead atoms. The van der Waals surface area contributed by atoms with Gasteiger partial charge in [-0.25, -0.2) is 0 Å². The molecule has 1 saturated heterocycles. The van der Waals surface area contributed by atoms with E-state index in [0.29, 0.717) is 18.0 Å². The molecular weight excluding hydrogens is 262 g/mol. The van der Waals surface area contributed by atoms with Gasteiger partial charge in [-0.05, 0) is 37.5 Å². The number of amides is 1. The van der Waals surface area contributed by atoms with Crippen molar-refractivity contribution < 1.29 is 4.79 Å². The van der Waals surface area contributed by atoms with E-state index in [1.807, 2.05) is 12.1 Å². The van der Waals surface area contributed by atoms with Crippen LogP contribution in [0.15, 0.2) is 18.2 Å². The summed E-state index contributed by atoms with van der Waals surface area (Å²) in [4.78, 5) is 14.0. The van der Waals surface area contributed by atoms with Crippen LogP contribution in [0.1, 0.15) is 25.7 Å². The zero-order valence-corrected chi connectivity index (χ0v) is 11.7. The van der Waals surface area contributed by atoms with Gasteiger partial charge in [0.05, 0.1) is 11.4 Å². The van der Waals surface area contributed by atoms with Crippen LogP contribution in [-0.4, -0.2) is 25.5 Å². The summed E-state index contributed by atoms with van der Waals surface area (Å²) in [6.07, 6.45) is 3.99. The van der Waals surface area contributed by atoms with E-state index in [0.717, 1.165) is 24.5 Å². The first kappa shape index (κ1) is 14.2. The number of anilines is 2. The van der Waals surface area contributed by atoms with Crippen molar-refractivity contribution in [1.82, 2.24) is 0 Å². The minimum Gasteiger partial charge on any atom is -0.370 e. The second-order valence-corrected chi connectivity index (χ2v) is 5.23. The van der Waals surface area contributed by atoms with Crippen molar-refractivity contribution >= 4 is 28.9 Å². The molecule has 1 aliphatic rings. The Morgan fingerprint density at radius 2 is 2.05 bits per heavy atom. The molecule has 1 aromatic carbocycles. The van der Waals surface area contributed by atoms with Gasteiger partial charge >= 0.3 is 0 Å². The number of piperidine rings is 1. The molecule has 1 fully saturated rings. The first-order valence-electron chi connectivity index (χ1n) is 6.75. The van der Waals surface area contributed by atoms with Crippen molar-refractivity contribution in [2.24, 2.45) is 5.73 Å². The molecule has 0 atom stereocenters. The van der Waals surface area contributed by atoms with Gasteiger partial charge in [0.1, 0.15) is 0 Å². The number of halogens is 1. The molecule has 1 aliphatic heterocycles. The summed E-state index contributed by atoms with van der Waals surface area (Å²) in [5, 5.41) is 3.53. The van der Waals surface area contributed by atoms with E-state index in [9.17, 15) is 4.79 Å². The average Bonchev–Trinajstić information content (AvgIpc) is 2.40. The fraction of sp³-hybridized carbons (Fsp3) is 0.500. The SMILES string of the molecule is NCCC(=O)Nc1cc(Cl)ccc1N1CCCCC1. The van der Waals surface area contributed by atoms with Crippen LogP contribution in [0.3, 0.4) is 0 Å². The van der Waals surface area contributed by atoms with Gasteiger partial charge in [-0.2, -0.15) is 0 Å². The van der Waals surface area contributed by atoms with Crippen LogP contribution in [0, 0.1) is 0 Å². The second kappa shape index (κ2) is 6.78. The normalized spacial score (nSPS) is 15.4. The Morgan fingerprint density at radius 3 is 2.74 bits per heavy atom. The molecule has 1 heterocycles. The zero-order chi connectivity index (χ0) is 13.7. The summed E-state index contributed by atoms with van der Waals surface area (Å²) >= 11 is 6.02. The third-order valence-electron chi connectivity index (χ3n) is 3.30. The maximum absolute atomic E-state index is 11.7. The number of nitrogens with two attached hydrogens (primary N) is 1. The average molecular weight is 282 g/mol. The minimum atomic E-state index is -0.0666. The van der Waals surface area contributed by atoms with Crippen LogP contribution in [0.25, 0.3) is 0 Å². The number of nitrogens with zero attached hydrogens (tertiary/aromatic N) is 1. The molecule has 0 unspecified atom stereocenters. The highest BCUT2D eigenvalue weighted by Crippen LogP contribution is 2.31. The summed E-state index contributed by atoms with van der Waals surface area (Å²) < 4.78 is 0. The van der Waals surface area contributed by atoms with Gasteiger partial charge in [0.2, 0.25) is 5.91 Å². The summed E-state index contributed by atoms with van der Waals surface area (Å²) in [6.45, 7) is 2.41. The second-order valence-electron chi connectivity index (χ2n) is 4.80. The minimum absolute atomic E-state index is 0.0666. The predicted octanol–water partition coefficient (Wildman–Crippen LogP) is 2.62. The Bertz CT molecular complexity index is 444. The number of rotatable bonds is 4. The lowest BCUT2D eigenvalue weighted by Crippen LogP contribution is -2.30. The van der Waals surface area contributed by atoms with Crippen LogP contribution in [-0.2, 0) is 4.79 Å². The first-order chi connectivity index (χ1) is 9.20. The number of carbonyl (C=O) groups excluding carboxylic acids is 1. The van der Waals surface area contributed by atoms with E-state index >= 15 is 0 Å². The molecule has 2 rings (SSSR count). The number of benzene rings is 1. The fourth-order valence-corrected chi connectivity index (χ4v) is 2.53. The van der Waals surface area contributed by atoms with Gasteiger partial charge in [-0.3, -0.25) is 4.79 Å². The monoisotopic (exact) mass is 281 g/mol. The topological polar surface area (TPSA) is 58.4 Å². The van der Waals surface area contributed by atoms with Crippen LogP contribution >= 0.6 is 11.6 Å². The molecular formula is C14H20ClN3O. The third-order valence-corrected chi connectivity index (χ3v) is 3.54. The molecule has 19 heavy (non-hydrogen) atoms. The molecule has 1 aromatic rings. The van der Waals surface area contributed by atoms with E-state index in [1.165, 1.54) is 19.3 Å². The van der Waals surface area contributed by atoms with Crippen molar-refractivity contribution in [2.75, 3.05) is 29.9 Å². The van der Waals surface area contributed by atoms with E-state index < -0.39 is 0 Å². The van der Waals surface area contributed by atoms with Crippen molar-refractivity contribution in [1.29, 1.82) is 0 Å². The van der Waals surface area contributed by atoms with Gasteiger partial charge < -0.3 is 16.0 Å². The molecule has 1 amide bonds. The molecule has 5 heteroatoms. The van der Waals surface area contributed by atoms with Crippen molar-refractivity contribution in [3.8, 4) is 0 Å². The maximum atomic E-state index is 11.7. The highest BCUT2D eigenvalue weighted by atomic mass is 35.5. The highest BCUT2D eigenvalue weighted by molar-refractivity contribution is 6.31. The standard InChI is InChI=1S/C14H20ClN3O/c15-11-4-5-13(18-8-2-1-3-9-18)12(10-11)17-14(19)6-7-16/h4-5,10H,1-3,6-9,16H2,(H,17,19). The Labute approximate surface area is 118 Å². The van der Waals surface area contributed by atoms with Crippen LogP contribution in [0.2, 0.25) is 5.02 Å². The molecule has 0 aromatic heterocycles. The Hall–Kier alpha value is -1.26. The van der Waals surface area contributed by atoms with Gasteiger partial charge in [-0.1, -0.05) is 11.6 Å². The summed E-state index contributed by atoms with van der Waals surface area (Å²) in [7, 11) is 0. The zero-order valence-electron chi connectivity index (χ0n) is 11.0. The lowest BCUT2D eigenvalue weighted by Gasteiger charge is -2.30. The molecule has 104 valence electrons.